The van der Waals surface area contributed by atoms with E-state index in [0.29, 0.717) is 29.8 Å². The molecule has 30 heavy (non-hydrogen) atoms. The average molecular weight is 408 g/mol. The van der Waals surface area contributed by atoms with Gasteiger partial charge in [0.15, 0.2) is 0 Å². The first kappa shape index (κ1) is 19.7. The van der Waals surface area contributed by atoms with Gasteiger partial charge in [0.1, 0.15) is 11.5 Å². The highest BCUT2D eigenvalue weighted by molar-refractivity contribution is 5.92. The first-order valence-electron chi connectivity index (χ1n) is 9.68. The fourth-order valence-corrected chi connectivity index (χ4v) is 3.77. The number of hydrogen-bond acceptors (Lipinski definition) is 6. The van der Waals surface area contributed by atoms with Gasteiger partial charge in [0.25, 0.3) is 11.5 Å². The maximum absolute atomic E-state index is 14.5. The van der Waals surface area contributed by atoms with Crippen LogP contribution in [-0.4, -0.2) is 37.1 Å². The van der Waals surface area contributed by atoms with Crippen LogP contribution in [0.25, 0.3) is 11.1 Å². The molecule has 0 unspecified atom stereocenters. The molecule has 0 spiro atoms. The zero-order valence-corrected chi connectivity index (χ0v) is 16.5. The monoisotopic (exact) mass is 408 g/mol. The number of likely N-dealkylation sites (tertiary alicyclic amines) is 1. The van der Waals surface area contributed by atoms with Crippen molar-refractivity contribution in [3.05, 3.63) is 70.2 Å². The van der Waals surface area contributed by atoms with Gasteiger partial charge in [0.2, 0.25) is 5.95 Å². The van der Waals surface area contributed by atoms with Gasteiger partial charge in [-0.05, 0) is 31.4 Å². The maximum atomic E-state index is 14.5. The van der Waals surface area contributed by atoms with Crippen molar-refractivity contribution in [2.75, 3.05) is 12.3 Å². The minimum Gasteiger partial charge on any atom is -0.368 e. The minimum absolute atomic E-state index is 0.0586. The van der Waals surface area contributed by atoms with Gasteiger partial charge in [-0.15, -0.1) is 0 Å². The average Bonchev–Trinajstić information content (AvgIpc) is 2.76. The standard InChI is InChI=1S/C21H21FN6O2/c1-27-18(29)10-9-16(26-27)20(30)28-11-5-4-8-17(28)19-14(12-24-21(23)25-19)13-6-2-3-7-15(13)22/h2-3,6-7,9-10,12,17H,4-5,8,11H2,1H3,(H2,23,24,25)/t17-/m0/s1. The number of nitrogens with zero attached hydrogens (tertiary/aromatic N) is 5. The summed E-state index contributed by atoms with van der Waals surface area (Å²) in [7, 11) is 1.49. The third-order valence-corrected chi connectivity index (χ3v) is 5.26. The molecule has 1 aliphatic rings. The van der Waals surface area contributed by atoms with Crippen LogP contribution in [0.1, 0.15) is 41.5 Å². The van der Waals surface area contributed by atoms with E-state index < -0.39 is 11.9 Å². The molecule has 3 heterocycles. The van der Waals surface area contributed by atoms with E-state index in [4.69, 9.17) is 5.73 Å². The molecule has 2 N–H and O–H groups in total. The van der Waals surface area contributed by atoms with Gasteiger partial charge in [0.05, 0.1) is 11.7 Å². The Kier molecular flexibility index (Phi) is 5.26. The van der Waals surface area contributed by atoms with Crippen molar-refractivity contribution in [3.8, 4) is 11.1 Å². The molecule has 2 aromatic heterocycles. The number of carbonyl (C=O) groups excluding carboxylic acids is 1. The quantitative estimate of drug-likeness (QED) is 0.713. The van der Waals surface area contributed by atoms with E-state index >= 15 is 0 Å². The van der Waals surface area contributed by atoms with Crippen LogP contribution < -0.4 is 11.3 Å². The molecule has 9 heteroatoms. The Bertz CT molecular complexity index is 1160. The molecular formula is C21H21FN6O2. The van der Waals surface area contributed by atoms with E-state index in [1.54, 1.807) is 23.1 Å². The highest BCUT2D eigenvalue weighted by atomic mass is 19.1. The van der Waals surface area contributed by atoms with Gasteiger partial charge in [-0.25, -0.2) is 19.0 Å². The summed E-state index contributed by atoms with van der Waals surface area (Å²) in [5, 5.41) is 4.08. The van der Waals surface area contributed by atoms with E-state index in [1.165, 1.54) is 31.4 Å². The number of hydrogen-bond donors (Lipinski definition) is 1. The summed E-state index contributed by atoms with van der Waals surface area (Å²) in [6.45, 7) is 0.495. The molecule has 1 amide bonds. The van der Waals surface area contributed by atoms with Gasteiger partial charge >= 0.3 is 0 Å². The van der Waals surface area contributed by atoms with Crippen LogP contribution in [0.15, 0.2) is 47.4 Å². The molecule has 0 radical (unpaired) electrons. The Morgan fingerprint density at radius 1 is 1.17 bits per heavy atom. The van der Waals surface area contributed by atoms with Crippen LogP contribution in [-0.2, 0) is 7.05 Å². The van der Waals surface area contributed by atoms with Gasteiger partial charge in [-0.1, -0.05) is 18.2 Å². The van der Waals surface area contributed by atoms with Crippen LogP contribution in [0.4, 0.5) is 10.3 Å². The summed E-state index contributed by atoms with van der Waals surface area (Å²) in [5.41, 5.74) is 7.07. The number of aromatic nitrogens is 4. The number of halogens is 1. The summed E-state index contributed by atoms with van der Waals surface area (Å²) in [6.07, 6.45) is 3.85. The first-order chi connectivity index (χ1) is 14.5. The van der Waals surface area contributed by atoms with Crippen molar-refractivity contribution >= 4 is 11.9 Å². The van der Waals surface area contributed by atoms with Crippen molar-refractivity contribution in [2.24, 2.45) is 7.05 Å². The van der Waals surface area contributed by atoms with Crippen LogP contribution in [0.3, 0.4) is 0 Å². The van der Waals surface area contributed by atoms with E-state index in [0.717, 1.165) is 17.5 Å². The van der Waals surface area contributed by atoms with E-state index in [1.807, 2.05) is 0 Å². The highest BCUT2D eigenvalue weighted by Crippen LogP contribution is 2.37. The topological polar surface area (TPSA) is 107 Å². The third kappa shape index (κ3) is 3.66. The zero-order chi connectivity index (χ0) is 21.3. The molecule has 8 nitrogen and oxygen atoms in total. The molecule has 1 aromatic carbocycles. The Morgan fingerprint density at radius 3 is 2.73 bits per heavy atom. The summed E-state index contributed by atoms with van der Waals surface area (Å²) in [6, 6.07) is 8.68. The second-order valence-electron chi connectivity index (χ2n) is 7.20. The van der Waals surface area contributed by atoms with Crippen LogP contribution >= 0.6 is 0 Å². The van der Waals surface area contributed by atoms with Crippen molar-refractivity contribution in [3.63, 3.8) is 0 Å². The summed E-state index contributed by atoms with van der Waals surface area (Å²) in [4.78, 5) is 35.0. The zero-order valence-electron chi connectivity index (χ0n) is 16.5. The molecule has 1 saturated heterocycles. The maximum Gasteiger partial charge on any atom is 0.274 e. The number of piperidine rings is 1. The lowest BCUT2D eigenvalue weighted by Crippen LogP contribution is -2.40. The predicted molar refractivity (Wildman–Crippen MR) is 109 cm³/mol. The number of aryl methyl sites for hydroxylation is 1. The molecule has 0 saturated carbocycles. The molecule has 154 valence electrons. The second-order valence-corrected chi connectivity index (χ2v) is 7.20. The fourth-order valence-electron chi connectivity index (χ4n) is 3.77. The second kappa shape index (κ2) is 8.02. The number of carbonyl (C=O) groups is 1. The van der Waals surface area contributed by atoms with Gasteiger partial charge < -0.3 is 10.6 Å². The molecule has 1 fully saturated rings. The van der Waals surface area contributed by atoms with Gasteiger partial charge in [0, 0.05) is 37.0 Å². The third-order valence-electron chi connectivity index (χ3n) is 5.26. The van der Waals surface area contributed by atoms with Crippen molar-refractivity contribution in [2.45, 2.75) is 25.3 Å². The fraction of sp³-hybridized carbons (Fsp3) is 0.286. The lowest BCUT2D eigenvalue weighted by atomic mass is 9.93. The van der Waals surface area contributed by atoms with Gasteiger partial charge in [-0.3, -0.25) is 9.59 Å². The number of amides is 1. The summed E-state index contributed by atoms with van der Waals surface area (Å²) >= 11 is 0. The van der Waals surface area contributed by atoms with Crippen LogP contribution in [0.5, 0.6) is 0 Å². The number of benzene rings is 1. The summed E-state index contributed by atoms with van der Waals surface area (Å²) < 4.78 is 15.6. The number of nitrogen functional groups attached to an aromatic ring is 1. The number of anilines is 1. The molecule has 0 bridgehead atoms. The lowest BCUT2D eigenvalue weighted by Gasteiger charge is -2.36. The molecule has 3 aromatic rings. The van der Waals surface area contributed by atoms with E-state index in [2.05, 4.69) is 15.1 Å². The molecule has 0 aliphatic carbocycles. The Hall–Kier alpha value is -3.62. The normalized spacial score (nSPS) is 16.5. The Balaban J connectivity index is 1.79. The lowest BCUT2D eigenvalue weighted by molar-refractivity contribution is 0.0598. The first-order valence-corrected chi connectivity index (χ1v) is 9.68. The minimum atomic E-state index is -0.412. The van der Waals surface area contributed by atoms with Crippen molar-refractivity contribution < 1.29 is 9.18 Å². The smallest absolute Gasteiger partial charge is 0.274 e. The van der Waals surface area contributed by atoms with Crippen molar-refractivity contribution in [1.29, 1.82) is 0 Å². The molecular weight excluding hydrogens is 387 g/mol. The largest absolute Gasteiger partial charge is 0.368 e. The number of rotatable bonds is 3. The predicted octanol–water partition coefficient (Wildman–Crippen LogP) is 2.33. The van der Waals surface area contributed by atoms with E-state index in [9.17, 15) is 14.0 Å². The highest BCUT2D eigenvalue weighted by Gasteiger charge is 2.33. The Labute approximate surface area is 172 Å². The van der Waals surface area contributed by atoms with Gasteiger partial charge in [-0.2, -0.15) is 5.10 Å². The number of nitrogens with two attached hydrogens (primary N) is 1. The van der Waals surface area contributed by atoms with Crippen molar-refractivity contribution in [1.82, 2.24) is 24.6 Å². The van der Waals surface area contributed by atoms with Crippen LogP contribution in [0, 0.1) is 5.82 Å². The Morgan fingerprint density at radius 2 is 1.97 bits per heavy atom. The summed E-state index contributed by atoms with van der Waals surface area (Å²) in [5.74, 6) is -0.657. The molecule has 1 aliphatic heterocycles. The SMILES string of the molecule is Cn1nc(C(=O)N2CCCC[C@H]2c2nc(N)ncc2-c2ccccc2F)ccc1=O. The van der Waals surface area contributed by atoms with E-state index in [-0.39, 0.29) is 23.1 Å². The molecule has 1 atom stereocenters. The molecule has 4 rings (SSSR count). The van der Waals surface area contributed by atoms with Crippen LogP contribution in [0.2, 0.25) is 0 Å².